The highest BCUT2D eigenvalue weighted by Gasteiger charge is 2.38. The summed E-state index contributed by atoms with van der Waals surface area (Å²) in [7, 11) is 0. The fraction of sp³-hybridized carbons (Fsp3) is 0.481. The van der Waals surface area contributed by atoms with Crippen LogP contribution in [0.1, 0.15) is 67.4 Å². The van der Waals surface area contributed by atoms with Crippen molar-refractivity contribution in [3.63, 3.8) is 0 Å². The quantitative estimate of drug-likeness (QED) is 0.409. The number of piperidine rings is 1. The molecule has 1 saturated heterocycles. The maximum atomic E-state index is 13.3. The van der Waals surface area contributed by atoms with Crippen LogP contribution in [0.3, 0.4) is 0 Å². The number of rotatable bonds is 8. The fourth-order valence-corrected chi connectivity index (χ4v) is 4.49. The van der Waals surface area contributed by atoms with Gasteiger partial charge in [-0.05, 0) is 42.7 Å². The van der Waals surface area contributed by atoms with Crippen LogP contribution in [0.2, 0.25) is 0 Å². The van der Waals surface area contributed by atoms with Gasteiger partial charge in [0.1, 0.15) is 0 Å². The van der Waals surface area contributed by atoms with Crippen LogP contribution in [0.4, 0.5) is 26.3 Å². The second-order valence-electron chi connectivity index (χ2n) is 9.26. The molecule has 1 fully saturated rings. The number of ether oxygens (including phenoxy) is 1. The molecule has 208 valence electrons. The van der Waals surface area contributed by atoms with E-state index in [1.54, 1.807) is 24.0 Å². The van der Waals surface area contributed by atoms with E-state index >= 15 is 0 Å². The average Bonchev–Trinajstić information content (AvgIpc) is 2.87. The molecule has 5 nitrogen and oxygen atoms in total. The molecule has 2 amide bonds. The van der Waals surface area contributed by atoms with Gasteiger partial charge < -0.3 is 15.0 Å². The van der Waals surface area contributed by atoms with E-state index in [1.165, 1.54) is 6.92 Å². The molecule has 1 aliphatic rings. The minimum atomic E-state index is -4.95. The van der Waals surface area contributed by atoms with Crippen molar-refractivity contribution in [2.45, 2.75) is 63.6 Å². The van der Waals surface area contributed by atoms with Gasteiger partial charge >= 0.3 is 12.4 Å². The summed E-state index contributed by atoms with van der Waals surface area (Å²) in [6.07, 6.45) is -10.8. The first kappa shape index (κ1) is 29.5. The minimum Gasteiger partial charge on any atom is -0.370 e. The maximum absolute atomic E-state index is 13.3. The van der Waals surface area contributed by atoms with Crippen molar-refractivity contribution in [1.82, 2.24) is 10.2 Å². The number of likely N-dealkylation sites (tertiary alicyclic amines) is 1. The maximum Gasteiger partial charge on any atom is 0.416 e. The topological polar surface area (TPSA) is 58.6 Å². The Hall–Kier alpha value is -3.08. The number of hydrogen-bond donors (Lipinski definition) is 1. The summed E-state index contributed by atoms with van der Waals surface area (Å²) in [5, 5.41) is 2.66. The Morgan fingerprint density at radius 2 is 1.63 bits per heavy atom. The van der Waals surface area contributed by atoms with Gasteiger partial charge in [-0.2, -0.15) is 26.3 Å². The summed E-state index contributed by atoms with van der Waals surface area (Å²) in [6.45, 7) is 3.89. The summed E-state index contributed by atoms with van der Waals surface area (Å²) < 4.78 is 86.2. The monoisotopic (exact) mass is 544 g/mol. The third-order valence-corrected chi connectivity index (χ3v) is 6.57. The van der Waals surface area contributed by atoms with Crippen molar-refractivity contribution in [2.75, 3.05) is 19.6 Å². The van der Waals surface area contributed by atoms with Crippen molar-refractivity contribution in [2.24, 2.45) is 0 Å². The Morgan fingerprint density at radius 3 is 2.18 bits per heavy atom. The van der Waals surface area contributed by atoms with Gasteiger partial charge in [0.15, 0.2) is 0 Å². The number of halogens is 6. The van der Waals surface area contributed by atoms with Gasteiger partial charge in [0.25, 0.3) is 0 Å². The number of benzene rings is 2. The highest BCUT2D eigenvalue weighted by molar-refractivity contribution is 5.79. The molecule has 0 aromatic heterocycles. The molecule has 3 atom stereocenters. The normalized spacial score (nSPS) is 19.2. The van der Waals surface area contributed by atoms with Crippen LogP contribution in [0.5, 0.6) is 0 Å². The van der Waals surface area contributed by atoms with E-state index in [-0.39, 0.29) is 48.9 Å². The van der Waals surface area contributed by atoms with E-state index < -0.39 is 35.7 Å². The van der Waals surface area contributed by atoms with Crippen LogP contribution in [0.15, 0.2) is 48.5 Å². The Kier molecular flexibility index (Phi) is 9.45. The molecule has 0 saturated carbocycles. The van der Waals surface area contributed by atoms with Crippen molar-refractivity contribution in [3.05, 3.63) is 70.8 Å². The van der Waals surface area contributed by atoms with E-state index in [0.717, 1.165) is 5.56 Å². The number of carbonyl (C=O) groups is 2. The summed E-state index contributed by atoms with van der Waals surface area (Å²) in [5.41, 5.74) is -2.19. The first-order valence-corrected chi connectivity index (χ1v) is 12.3. The Morgan fingerprint density at radius 1 is 1.03 bits per heavy atom. The van der Waals surface area contributed by atoms with Gasteiger partial charge in [-0.25, -0.2) is 0 Å². The number of nitrogens with zero attached hydrogens (tertiary/aromatic N) is 1. The summed E-state index contributed by atoms with van der Waals surface area (Å²) >= 11 is 0. The molecule has 11 heteroatoms. The molecular weight excluding hydrogens is 514 g/mol. The zero-order chi connectivity index (χ0) is 28.1. The number of alkyl halides is 6. The Bertz CT molecular complexity index is 1070. The van der Waals surface area contributed by atoms with E-state index in [1.807, 2.05) is 18.2 Å². The second-order valence-corrected chi connectivity index (χ2v) is 9.26. The molecule has 0 bridgehead atoms. The standard InChI is InChI=1S/C27H30F6N2O3/c1-3-24(36)34-11-9-25(37)35-12-10-23(22(16-35)18-7-5-4-6-8-18)38-17(2)19-13-20(26(28,29)30)15-21(14-19)27(31,32)33/h4-8,13-15,17,22-23H,3,9-12,16H2,1-2H3,(H,34,36)/t17-,22+,23+/m1/s1. The predicted molar refractivity (Wildman–Crippen MR) is 128 cm³/mol. The van der Waals surface area contributed by atoms with Gasteiger partial charge in [0, 0.05) is 38.4 Å². The van der Waals surface area contributed by atoms with Crippen molar-refractivity contribution < 1.29 is 40.7 Å². The summed E-state index contributed by atoms with van der Waals surface area (Å²) in [6, 6.07) is 10.6. The molecular formula is C27H30F6N2O3. The molecule has 1 N–H and O–H groups in total. The van der Waals surface area contributed by atoms with Crippen LogP contribution in [-0.4, -0.2) is 42.5 Å². The number of carbonyl (C=O) groups excluding carboxylic acids is 2. The first-order chi connectivity index (χ1) is 17.8. The molecule has 0 aliphatic carbocycles. The number of amides is 2. The van der Waals surface area contributed by atoms with Crippen LogP contribution in [0.25, 0.3) is 0 Å². The molecule has 3 rings (SSSR count). The van der Waals surface area contributed by atoms with Crippen LogP contribution >= 0.6 is 0 Å². The molecule has 1 aliphatic heterocycles. The van der Waals surface area contributed by atoms with Gasteiger partial charge in [-0.3, -0.25) is 9.59 Å². The molecule has 38 heavy (non-hydrogen) atoms. The Balaban J connectivity index is 1.81. The molecule has 2 aromatic rings. The van der Waals surface area contributed by atoms with Gasteiger partial charge in [0.2, 0.25) is 11.8 Å². The average molecular weight is 545 g/mol. The molecule has 1 heterocycles. The highest BCUT2D eigenvalue weighted by atomic mass is 19.4. The second kappa shape index (κ2) is 12.2. The van der Waals surface area contributed by atoms with E-state index in [0.29, 0.717) is 31.5 Å². The largest absolute Gasteiger partial charge is 0.416 e. The molecule has 0 radical (unpaired) electrons. The minimum absolute atomic E-state index is 0.0933. The third kappa shape index (κ3) is 7.72. The lowest BCUT2D eigenvalue weighted by Gasteiger charge is -2.40. The lowest BCUT2D eigenvalue weighted by atomic mass is 9.87. The fourth-order valence-electron chi connectivity index (χ4n) is 4.49. The van der Waals surface area contributed by atoms with Crippen LogP contribution < -0.4 is 5.32 Å². The first-order valence-electron chi connectivity index (χ1n) is 12.3. The molecule has 0 spiro atoms. The van der Waals surface area contributed by atoms with Crippen LogP contribution in [0, 0.1) is 0 Å². The zero-order valence-corrected chi connectivity index (χ0v) is 21.0. The Labute approximate surface area is 217 Å². The van der Waals surface area contributed by atoms with Crippen molar-refractivity contribution in [3.8, 4) is 0 Å². The van der Waals surface area contributed by atoms with Gasteiger partial charge in [0.05, 0.1) is 23.3 Å². The SMILES string of the molecule is CCC(=O)NCCC(=O)N1CC[C@H](O[C@H](C)c2cc(C(F)(F)F)cc(C(F)(F)F)c2)[C@H](c2ccccc2)C1. The summed E-state index contributed by atoms with van der Waals surface area (Å²) in [5.74, 6) is -0.680. The molecule has 0 unspecified atom stereocenters. The lowest BCUT2D eigenvalue weighted by Crippen LogP contribution is -2.46. The smallest absolute Gasteiger partial charge is 0.370 e. The lowest BCUT2D eigenvalue weighted by molar-refractivity contribution is -0.143. The van der Waals surface area contributed by atoms with Crippen LogP contribution in [-0.2, 0) is 26.7 Å². The van der Waals surface area contributed by atoms with Gasteiger partial charge in [-0.1, -0.05) is 37.3 Å². The highest BCUT2D eigenvalue weighted by Crippen LogP contribution is 2.39. The van der Waals surface area contributed by atoms with E-state index in [4.69, 9.17) is 4.74 Å². The van der Waals surface area contributed by atoms with Crippen molar-refractivity contribution >= 4 is 11.8 Å². The van der Waals surface area contributed by atoms with E-state index in [2.05, 4.69) is 5.32 Å². The van der Waals surface area contributed by atoms with Gasteiger partial charge in [-0.15, -0.1) is 0 Å². The molecule has 2 aromatic carbocycles. The third-order valence-electron chi connectivity index (χ3n) is 6.57. The number of nitrogens with one attached hydrogen (secondary N) is 1. The zero-order valence-electron chi connectivity index (χ0n) is 21.0. The number of hydrogen-bond acceptors (Lipinski definition) is 3. The van der Waals surface area contributed by atoms with E-state index in [9.17, 15) is 35.9 Å². The predicted octanol–water partition coefficient (Wildman–Crippen LogP) is 6.10. The van der Waals surface area contributed by atoms with Crippen molar-refractivity contribution in [1.29, 1.82) is 0 Å². The summed E-state index contributed by atoms with van der Waals surface area (Å²) in [4.78, 5) is 25.9.